The minimum absolute atomic E-state index is 0.442. The van der Waals surface area contributed by atoms with Gasteiger partial charge in [0.25, 0.3) is 0 Å². The molecule has 1 saturated carbocycles. The summed E-state index contributed by atoms with van der Waals surface area (Å²) in [5.41, 5.74) is 7.70. The third-order valence-electron chi connectivity index (χ3n) is 2.82. The zero-order chi connectivity index (χ0) is 10.7. The van der Waals surface area contributed by atoms with E-state index < -0.39 is 0 Å². The van der Waals surface area contributed by atoms with E-state index >= 15 is 0 Å². The smallest absolute Gasteiger partial charge is 0.0614 e. The second-order valence-corrected chi connectivity index (χ2v) is 3.98. The first-order valence-electron chi connectivity index (χ1n) is 5.52. The van der Waals surface area contributed by atoms with Crippen molar-refractivity contribution in [2.75, 3.05) is 17.7 Å². The molecule has 1 aliphatic carbocycles. The molecule has 0 amide bonds. The summed E-state index contributed by atoms with van der Waals surface area (Å²) in [6, 6.07) is 8.40. The van der Waals surface area contributed by atoms with Gasteiger partial charge in [0.15, 0.2) is 0 Å². The maximum Gasteiger partial charge on any atom is 0.0614 e. The highest BCUT2D eigenvalue weighted by Crippen LogP contribution is 2.28. The van der Waals surface area contributed by atoms with E-state index in [1.807, 2.05) is 31.2 Å². The number of nitrogens with one attached hydrogen (secondary N) is 1. The number of benzene rings is 1. The minimum atomic E-state index is 0.442. The number of hydrogen-bond donors (Lipinski definition) is 2. The number of rotatable bonds is 4. The Morgan fingerprint density at radius 3 is 2.80 bits per heavy atom. The third kappa shape index (κ3) is 2.42. The molecular weight excluding hydrogens is 188 g/mol. The molecule has 3 nitrogen and oxygen atoms in total. The molecule has 1 aliphatic rings. The summed E-state index contributed by atoms with van der Waals surface area (Å²) in [6.45, 7) is 2.85. The molecule has 0 aromatic heterocycles. The molecule has 0 saturated heterocycles. The van der Waals surface area contributed by atoms with Crippen molar-refractivity contribution in [2.45, 2.75) is 31.9 Å². The summed E-state index contributed by atoms with van der Waals surface area (Å²) in [5, 5.41) is 3.43. The van der Waals surface area contributed by atoms with Crippen LogP contribution in [0.3, 0.4) is 0 Å². The quantitative estimate of drug-likeness (QED) is 0.743. The largest absolute Gasteiger partial charge is 0.397 e. The van der Waals surface area contributed by atoms with Gasteiger partial charge in [-0.25, -0.2) is 0 Å². The molecule has 2 rings (SSSR count). The lowest BCUT2D eigenvalue weighted by Crippen LogP contribution is -2.40. The van der Waals surface area contributed by atoms with Crippen LogP contribution in [-0.4, -0.2) is 18.8 Å². The van der Waals surface area contributed by atoms with Crippen molar-refractivity contribution >= 4 is 11.4 Å². The molecule has 1 fully saturated rings. The van der Waals surface area contributed by atoms with E-state index in [1.165, 1.54) is 0 Å². The second kappa shape index (κ2) is 4.53. The van der Waals surface area contributed by atoms with Crippen molar-refractivity contribution in [3.05, 3.63) is 24.3 Å². The molecule has 82 valence electrons. The van der Waals surface area contributed by atoms with Gasteiger partial charge in [-0.05, 0) is 31.9 Å². The maximum absolute atomic E-state index is 5.85. The average molecular weight is 206 g/mol. The van der Waals surface area contributed by atoms with Crippen LogP contribution < -0.4 is 11.1 Å². The normalized spacial score (nSPS) is 24.6. The minimum Gasteiger partial charge on any atom is -0.397 e. The lowest BCUT2D eigenvalue weighted by Gasteiger charge is -2.36. The summed E-state index contributed by atoms with van der Waals surface area (Å²) in [4.78, 5) is 0. The molecule has 1 aromatic carbocycles. The number of nitrogen functional groups attached to an aromatic ring is 1. The van der Waals surface area contributed by atoms with Crippen LogP contribution in [-0.2, 0) is 4.74 Å². The molecule has 3 N–H and O–H groups in total. The van der Waals surface area contributed by atoms with Crippen LogP contribution in [0.25, 0.3) is 0 Å². The topological polar surface area (TPSA) is 47.3 Å². The Balaban J connectivity index is 1.82. The van der Waals surface area contributed by atoms with Gasteiger partial charge in [0.05, 0.1) is 17.5 Å². The highest BCUT2D eigenvalue weighted by molar-refractivity contribution is 5.66. The third-order valence-corrected chi connectivity index (χ3v) is 2.82. The van der Waals surface area contributed by atoms with Gasteiger partial charge in [-0.1, -0.05) is 12.1 Å². The lowest BCUT2D eigenvalue weighted by atomic mass is 9.89. The number of anilines is 2. The highest BCUT2D eigenvalue weighted by atomic mass is 16.5. The molecule has 0 aliphatic heterocycles. The Labute approximate surface area is 90.6 Å². The van der Waals surface area contributed by atoms with Gasteiger partial charge < -0.3 is 15.8 Å². The van der Waals surface area contributed by atoms with E-state index in [0.29, 0.717) is 12.1 Å². The van der Waals surface area contributed by atoms with Gasteiger partial charge in [0.2, 0.25) is 0 Å². The molecule has 15 heavy (non-hydrogen) atoms. The van der Waals surface area contributed by atoms with Gasteiger partial charge in [-0.2, -0.15) is 0 Å². The Morgan fingerprint density at radius 2 is 2.13 bits per heavy atom. The fourth-order valence-corrected chi connectivity index (χ4v) is 1.90. The van der Waals surface area contributed by atoms with E-state index in [9.17, 15) is 0 Å². The van der Waals surface area contributed by atoms with Crippen molar-refractivity contribution in [1.29, 1.82) is 0 Å². The lowest BCUT2D eigenvalue weighted by molar-refractivity contribution is 0.00300. The summed E-state index contributed by atoms with van der Waals surface area (Å²) in [7, 11) is 0. The predicted octanol–water partition coefficient (Wildman–Crippen LogP) is 2.25. The SMILES string of the molecule is CCOC1CC(Nc2ccccc2N)C1. The Morgan fingerprint density at radius 1 is 1.40 bits per heavy atom. The zero-order valence-electron chi connectivity index (χ0n) is 9.07. The van der Waals surface area contributed by atoms with Crippen LogP contribution in [0.15, 0.2) is 24.3 Å². The van der Waals surface area contributed by atoms with E-state index in [4.69, 9.17) is 10.5 Å². The molecule has 0 radical (unpaired) electrons. The monoisotopic (exact) mass is 206 g/mol. The highest BCUT2D eigenvalue weighted by Gasteiger charge is 2.29. The van der Waals surface area contributed by atoms with E-state index in [0.717, 1.165) is 30.8 Å². The van der Waals surface area contributed by atoms with Gasteiger partial charge >= 0.3 is 0 Å². The van der Waals surface area contributed by atoms with Crippen molar-refractivity contribution in [3.63, 3.8) is 0 Å². The van der Waals surface area contributed by atoms with Gasteiger partial charge in [0.1, 0.15) is 0 Å². The first-order chi connectivity index (χ1) is 7.29. The standard InChI is InChI=1S/C12H18N2O/c1-2-15-10-7-9(8-10)14-12-6-4-3-5-11(12)13/h3-6,9-10,14H,2,7-8,13H2,1H3. The summed E-state index contributed by atoms with van der Waals surface area (Å²) < 4.78 is 5.50. The zero-order valence-corrected chi connectivity index (χ0v) is 9.07. The van der Waals surface area contributed by atoms with E-state index in [-0.39, 0.29) is 0 Å². The Hall–Kier alpha value is -1.22. The van der Waals surface area contributed by atoms with Gasteiger partial charge in [0, 0.05) is 12.6 Å². The summed E-state index contributed by atoms with van der Waals surface area (Å²) in [6.07, 6.45) is 2.61. The first-order valence-corrected chi connectivity index (χ1v) is 5.52. The first kappa shape index (κ1) is 10.3. The fraction of sp³-hybridized carbons (Fsp3) is 0.500. The van der Waals surface area contributed by atoms with Gasteiger partial charge in [-0.3, -0.25) is 0 Å². The van der Waals surface area contributed by atoms with Crippen LogP contribution in [0.5, 0.6) is 0 Å². The van der Waals surface area contributed by atoms with Crippen LogP contribution in [0.4, 0.5) is 11.4 Å². The molecule has 0 bridgehead atoms. The Kier molecular flexibility index (Phi) is 3.11. The molecule has 0 unspecified atom stereocenters. The number of nitrogens with two attached hydrogens (primary N) is 1. The molecule has 1 aromatic rings. The number of ether oxygens (including phenoxy) is 1. The van der Waals surface area contributed by atoms with Crippen LogP contribution in [0, 0.1) is 0 Å². The van der Waals surface area contributed by atoms with Crippen LogP contribution >= 0.6 is 0 Å². The number of hydrogen-bond acceptors (Lipinski definition) is 3. The fourth-order valence-electron chi connectivity index (χ4n) is 1.90. The van der Waals surface area contributed by atoms with Gasteiger partial charge in [-0.15, -0.1) is 0 Å². The van der Waals surface area contributed by atoms with Crippen molar-refractivity contribution in [1.82, 2.24) is 0 Å². The summed E-state index contributed by atoms with van der Waals surface area (Å²) in [5.74, 6) is 0. The average Bonchev–Trinajstić information content (AvgIpc) is 2.18. The Bertz CT molecular complexity index is 321. The van der Waals surface area contributed by atoms with E-state index in [2.05, 4.69) is 5.32 Å². The maximum atomic E-state index is 5.85. The second-order valence-electron chi connectivity index (χ2n) is 3.98. The molecule has 0 heterocycles. The van der Waals surface area contributed by atoms with Crippen molar-refractivity contribution in [3.8, 4) is 0 Å². The van der Waals surface area contributed by atoms with E-state index in [1.54, 1.807) is 0 Å². The van der Waals surface area contributed by atoms with Crippen molar-refractivity contribution < 1.29 is 4.74 Å². The van der Waals surface area contributed by atoms with Crippen LogP contribution in [0.1, 0.15) is 19.8 Å². The number of para-hydroxylation sites is 2. The summed E-state index contributed by atoms with van der Waals surface area (Å²) >= 11 is 0. The predicted molar refractivity (Wildman–Crippen MR) is 62.9 cm³/mol. The molecule has 3 heteroatoms. The van der Waals surface area contributed by atoms with Crippen LogP contribution in [0.2, 0.25) is 0 Å². The molecular formula is C12H18N2O. The molecule has 0 spiro atoms. The molecule has 0 atom stereocenters. The van der Waals surface area contributed by atoms with Crippen molar-refractivity contribution in [2.24, 2.45) is 0 Å².